The third kappa shape index (κ3) is 3.53. The lowest BCUT2D eigenvalue weighted by molar-refractivity contribution is -0.140. The lowest BCUT2D eigenvalue weighted by Gasteiger charge is -2.13. The van der Waals surface area contributed by atoms with Gasteiger partial charge in [-0.3, -0.25) is 9.59 Å². The smallest absolute Gasteiger partial charge is 0.254 e. The molecule has 6 rings (SSSR count). The summed E-state index contributed by atoms with van der Waals surface area (Å²) in [6, 6.07) is 18.1. The third-order valence-electron chi connectivity index (χ3n) is 7.04. The second-order valence-corrected chi connectivity index (χ2v) is 10.7. The number of amides is 2. The maximum atomic E-state index is 12.8. The molecule has 2 fully saturated rings. The van der Waals surface area contributed by atoms with E-state index in [2.05, 4.69) is 73.4 Å². The number of imide groups is 1. The zero-order valence-electron chi connectivity index (χ0n) is 18.0. The fraction of sp³-hybridized carbons (Fsp3) is 0.222. The van der Waals surface area contributed by atoms with Crippen LogP contribution in [0.4, 0.5) is 0 Å². The predicted octanol–water partition coefficient (Wildman–Crippen LogP) is 6.08. The predicted molar refractivity (Wildman–Crippen MR) is 137 cm³/mol. The van der Waals surface area contributed by atoms with Gasteiger partial charge >= 0.3 is 0 Å². The number of allylic oxidation sites excluding steroid dienone is 2. The average molecular weight is 580 g/mol. The van der Waals surface area contributed by atoms with Crippen LogP contribution in [0.15, 0.2) is 80.8 Å². The Morgan fingerprint density at radius 2 is 1.59 bits per heavy atom. The SMILES string of the molecule is O=C1[C@@H]2[C@H](C(=O)N1/N=C\c1cc(Br)c(OCc3cccc4ccccc34)c(Br)c1)[C@H]1C=C[C@H]2C1. The number of rotatable bonds is 5. The number of hydrogen-bond donors (Lipinski definition) is 0. The molecule has 2 bridgehead atoms. The van der Waals surface area contributed by atoms with E-state index in [0.29, 0.717) is 12.4 Å². The molecule has 3 aromatic rings. The molecule has 1 saturated heterocycles. The minimum atomic E-state index is -0.247. The Bertz CT molecular complexity index is 1340. The van der Waals surface area contributed by atoms with Crippen LogP contribution < -0.4 is 4.74 Å². The lowest BCUT2D eigenvalue weighted by Crippen LogP contribution is -2.28. The van der Waals surface area contributed by atoms with Crippen LogP contribution >= 0.6 is 31.9 Å². The van der Waals surface area contributed by atoms with Gasteiger partial charge in [-0.05, 0) is 84.1 Å². The Balaban J connectivity index is 1.19. The van der Waals surface area contributed by atoms with Gasteiger partial charge in [-0.25, -0.2) is 0 Å². The zero-order valence-corrected chi connectivity index (χ0v) is 21.2. The van der Waals surface area contributed by atoms with Crippen molar-refractivity contribution in [2.75, 3.05) is 0 Å². The zero-order chi connectivity index (χ0) is 23.4. The van der Waals surface area contributed by atoms with Crippen LogP contribution in [0.5, 0.6) is 5.75 Å². The van der Waals surface area contributed by atoms with Gasteiger partial charge < -0.3 is 4.74 Å². The molecular weight excluding hydrogens is 560 g/mol. The number of halogens is 2. The number of ether oxygens (including phenoxy) is 1. The molecule has 1 saturated carbocycles. The summed E-state index contributed by atoms with van der Waals surface area (Å²) in [6.07, 6.45) is 6.62. The van der Waals surface area contributed by atoms with E-state index in [-0.39, 0.29) is 35.5 Å². The molecule has 1 aliphatic heterocycles. The molecule has 2 aliphatic carbocycles. The van der Waals surface area contributed by atoms with E-state index in [1.165, 1.54) is 5.39 Å². The first-order valence-electron chi connectivity index (χ1n) is 11.2. The van der Waals surface area contributed by atoms with Gasteiger partial charge in [0.05, 0.1) is 27.0 Å². The third-order valence-corrected chi connectivity index (χ3v) is 8.22. The molecular formula is C27H20Br2N2O3. The highest BCUT2D eigenvalue weighted by atomic mass is 79.9. The van der Waals surface area contributed by atoms with Gasteiger partial charge in [0.1, 0.15) is 12.4 Å². The standard InChI is InChI=1S/C27H20Br2N2O3/c28-21-10-15(13-30-31-26(32)23-17-8-9-18(12-17)24(23)27(31)33)11-22(29)25(21)34-14-19-6-3-5-16-4-1-2-7-20(16)19/h1-11,13,17-18,23-24H,12,14H2/b30-13-/t17-,18-,23-,24+/m0/s1. The molecule has 3 aromatic carbocycles. The summed E-state index contributed by atoms with van der Waals surface area (Å²) < 4.78 is 7.65. The van der Waals surface area contributed by atoms with Gasteiger partial charge in [0.15, 0.2) is 0 Å². The summed E-state index contributed by atoms with van der Waals surface area (Å²) in [5.41, 5.74) is 1.85. The minimum absolute atomic E-state index is 0.174. The largest absolute Gasteiger partial charge is 0.487 e. The van der Waals surface area contributed by atoms with Crippen LogP contribution in [0, 0.1) is 23.7 Å². The van der Waals surface area contributed by atoms with Crippen LogP contribution in [0.2, 0.25) is 0 Å². The van der Waals surface area contributed by atoms with Crippen molar-refractivity contribution in [3.8, 4) is 5.75 Å². The van der Waals surface area contributed by atoms with E-state index < -0.39 is 0 Å². The Morgan fingerprint density at radius 1 is 0.941 bits per heavy atom. The quantitative estimate of drug-likeness (QED) is 0.209. The van der Waals surface area contributed by atoms with Crippen molar-refractivity contribution in [2.45, 2.75) is 13.0 Å². The van der Waals surface area contributed by atoms with Crippen LogP contribution in [-0.4, -0.2) is 23.0 Å². The molecule has 34 heavy (non-hydrogen) atoms. The topological polar surface area (TPSA) is 59.0 Å². The van der Waals surface area contributed by atoms with Crippen molar-refractivity contribution >= 4 is 60.7 Å². The summed E-state index contributed by atoms with van der Waals surface area (Å²) in [6.45, 7) is 0.419. The van der Waals surface area contributed by atoms with Gasteiger partial charge in [-0.15, -0.1) is 0 Å². The molecule has 4 atom stereocenters. The van der Waals surface area contributed by atoms with Crippen molar-refractivity contribution in [3.63, 3.8) is 0 Å². The molecule has 3 aliphatic rings. The summed E-state index contributed by atoms with van der Waals surface area (Å²) in [5, 5.41) is 7.67. The molecule has 170 valence electrons. The molecule has 5 nitrogen and oxygen atoms in total. The Kier molecular flexibility index (Phi) is 5.41. The highest BCUT2D eigenvalue weighted by molar-refractivity contribution is 9.11. The normalized spacial score (nSPS) is 25.2. The molecule has 0 N–H and O–H groups in total. The van der Waals surface area contributed by atoms with E-state index in [0.717, 1.165) is 36.9 Å². The lowest BCUT2D eigenvalue weighted by atomic mass is 9.85. The van der Waals surface area contributed by atoms with Gasteiger partial charge in [0, 0.05) is 0 Å². The number of hydrazone groups is 1. The minimum Gasteiger partial charge on any atom is -0.487 e. The van der Waals surface area contributed by atoms with Gasteiger partial charge in [0.2, 0.25) is 0 Å². The molecule has 1 heterocycles. The first-order chi connectivity index (χ1) is 16.5. The summed E-state index contributed by atoms with van der Waals surface area (Å²) >= 11 is 7.18. The fourth-order valence-corrected chi connectivity index (χ4v) is 6.94. The van der Waals surface area contributed by atoms with Crippen LogP contribution in [0.25, 0.3) is 10.8 Å². The first-order valence-corrected chi connectivity index (χ1v) is 12.8. The van der Waals surface area contributed by atoms with Crippen molar-refractivity contribution in [2.24, 2.45) is 28.8 Å². The monoisotopic (exact) mass is 578 g/mol. The number of nitrogens with zero attached hydrogens (tertiary/aromatic N) is 2. The molecule has 0 unspecified atom stereocenters. The van der Waals surface area contributed by atoms with E-state index in [9.17, 15) is 9.59 Å². The van der Waals surface area contributed by atoms with Gasteiger partial charge in [-0.1, -0.05) is 54.6 Å². The van der Waals surface area contributed by atoms with Crippen molar-refractivity contribution in [1.29, 1.82) is 0 Å². The summed E-state index contributed by atoms with van der Waals surface area (Å²) in [4.78, 5) is 25.7. The maximum Gasteiger partial charge on any atom is 0.254 e. The molecule has 0 radical (unpaired) electrons. The Hall–Kier alpha value is -2.77. The van der Waals surface area contributed by atoms with E-state index >= 15 is 0 Å². The molecule has 0 spiro atoms. The van der Waals surface area contributed by atoms with E-state index in [4.69, 9.17) is 4.74 Å². The molecule has 7 heteroatoms. The molecule has 2 amide bonds. The highest BCUT2D eigenvalue weighted by Gasteiger charge is 2.59. The van der Waals surface area contributed by atoms with Crippen LogP contribution in [0.1, 0.15) is 17.5 Å². The van der Waals surface area contributed by atoms with Crippen molar-refractivity contribution in [3.05, 3.63) is 86.8 Å². The van der Waals surface area contributed by atoms with Crippen molar-refractivity contribution < 1.29 is 14.3 Å². The van der Waals surface area contributed by atoms with E-state index in [1.807, 2.05) is 30.3 Å². The number of carbonyl (C=O) groups excluding carboxylic acids is 2. The number of hydrogen-bond acceptors (Lipinski definition) is 4. The highest BCUT2D eigenvalue weighted by Crippen LogP contribution is 2.52. The first kappa shape index (κ1) is 21.7. The average Bonchev–Trinajstić information content (AvgIpc) is 3.51. The number of benzene rings is 3. The molecule has 0 aromatic heterocycles. The number of carbonyl (C=O) groups is 2. The van der Waals surface area contributed by atoms with Gasteiger partial charge in [-0.2, -0.15) is 10.1 Å². The Morgan fingerprint density at radius 3 is 2.29 bits per heavy atom. The van der Waals surface area contributed by atoms with Gasteiger partial charge in [0.25, 0.3) is 11.8 Å². The maximum absolute atomic E-state index is 12.8. The van der Waals surface area contributed by atoms with Crippen molar-refractivity contribution in [1.82, 2.24) is 5.01 Å². The fourth-order valence-electron chi connectivity index (χ4n) is 5.48. The second kappa shape index (κ2) is 8.47. The van der Waals surface area contributed by atoms with Crippen LogP contribution in [-0.2, 0) is 16.2 Å². The van der Waals surface area contributed by atoms with Crippen LogP contribution in [0.3, 0.4) is 0 Å². The summed E-state index contributed by atoms with van der Waals surface area (Å²) in [7, 11) is 0. The Labute approximate surface area is 213 Å². The second-order valence-electron chi connectivity index (χ2n) is 8.97. The summed E-state index contributed by atoms with van der Waals surface area (Å²) in [5.74, 6) is 0.162. The van der Waals surface area contributed by atoms with E-state index in [1.54, 1.807) is 6.21 Å². The number of fused-ring (bicyclic) bond motifs is 6.